The molecule has 8 nitrogen and oxygen atoms in total. The summed E-state index contributed by atoms with van der Waals surface area (Å²) in [4.78, 5) is 43.4. The highest BCUT2D eigenvalue weighted by Crippen LogP contribution is 2.41. The Hall–Kier alpha value is -4.21. The second-order valence-corrected chi connectivity index (χ2v) is 10.7. The maximum Gasteiger partial charge on any atom is 0.412 e. The zero-order valence-corrected chi connectivity index (χ0v) is 22.6. The molecule has 4 rings (SSSR count). The van der Waals surface area contributed by atoms with Crippen molar-refractivity contribution >= 4 is 34.4 Å². The third-order valence-corrected chi connectivity index (χ3v) is 6.17. The number of hydrogen-bond acceptors (Lipinski definition) is 5. The fourth-order valence-corrected chi connectivity index (χ4v) is 4.65. The molecule has 0 saturated heterocycles. The average molecular weight is 540 g/mol. The van der Waals surface area contributed by atoms with E-state index in [1.165, 1.54) is 17.2 Å². The Bertz CT molecular complexity index is 1490. The molecule has 0 unspecified atom stereocenters. The summed E-state index contributed by atoms with van der Waals surface area (Å²) < 4.78 is 38.3. The summed E-state index contributed by atoms with van der Waals surface area (Å²) in [6.07, 6.45) is 0.354. The van der Waals surface area contributed by atoms with Crippen molar-refractivity contribution in [2.24, 2.45) is 0 Å². The van der Waals surface area contributed by atoms with E-state index < -0.39 is 41.1 Å². The number of esters is 1. The molecule has 0 saturated carbocycles. The number of H-pyrrole nitrogens is 1. The molecule has 3 aromatic rings. The van der Waals surface area contributed by atoms with Gasteiger partial charge in [0.05, 0.1) is 17.4 Å². The molecule has 10 heteroatoms. The molecule has 1 aromatic heterocycles. The normalized spacial score (nSPS) is 14.6. The fourth-order valence-electron chi connectivity index (χ4n) is 4.65. The van der Waals surface area contributed by atoms with Crippen LogP contribution < -0.4 is 10.1 Å². The van der Waals surface area contributed by atoms with Crippen LogP contribution >= 0.6 is 0 Å². The Morgan fingerprint density at radius 2 is 1.74 bits per heavy atom. The summed E-state index contributed by atoms with van der Waals surface area (Å²) in [5, 5.41) is 3.42. The lowest BCUT2D eigenvalue weighted by Crippen LogP contribution is -2.37. The van der Waals surface area contributed by atoms with Gasteiger partial charge in [0, 0.05) is 46.7 Å². The Morgan fingerprint density at radius 3 is 2.38 bits per heavy atom. The molecule has 2 heterocycles. The van der Waals surface area contributed by atoms with E-state index in [-0.39, 0.29) is 23.7 Å². The monoisotopic (exact) mass is 539 g/mol. The highest BCUT2D eigenvalue weighted by atomic mass is 19.2. The van der Waals surface area contributed by atoms with E-state index in [1.807, 2.05) is 27.7 Å². The van der Waals surface area contributed by atoms with E-state index in [0.29, 0.717) is 17.0 Å². The van der Waals surface area contributed by atoms with Crippen LogP contribution in [-0.4, -0.2) is 46.5 Å². The minimum atomic E-state index is -1.14. The van der Waals surface area contributed by atoms with E-state index in [0.717, 1.165) is 23.1 Å². The smallest absolute Gasteiger partial charge is 0.412 e. The molecule has 206 valence electrons. The summed E-state index contributed by atoms with van der Waals surface area (Å²) in [6, 6.07) is 7.92. The molecule has 0 spiro atoms. The molecular formula is C29H31F2N3O5. The summed E-state index contributed by atoms with van der Waals surface area (Å²) in [7, 11) is 0. The third kappa shape index (κ3) is 5.79. The predicted molar refractivity (Wildman–Crippen MR) is 142 cm³/mol. The number of halogens is 2. The van der Waals surface area contributed by atoms with E-state index in [9.17, 15) is 23.2 Å². The minimum absolute atomic E-state index is 0.0607. The number of carbonyl (C=O) groups is 3. The molecule has 0 aliphatic carbocycles. The Balaban J connectivity index is 1.83. The highest BCUT2D eigenvalue weighted by Gasteiger charge is 2.38. The molecule has 39 heavy (non-hydrogen) atoms. The first-order chi connectivity index (χ1) is 18.3. The summed E-state index contributed by atoms with van der Waals surface area (Å²) in [5.74, 6) is -3.16. The zero-order chi connectivity index (χ0) is 28.6. The van der Waals surface area contributed by atoms with Gasteiger partial charge in [0.15, 0.2) is 11.6 Å². The van der Waals surface area contributed by atoms with Gasteiger partial charge in [-0.05, 0) is 63.6 Å². The van der Waals surface area contributed by atoms with Gasteiger partial charge in [-0.1, -0.05) is 13.8 Å². The number of nitrogens with one attached hydrogen (secondary N) is 2. The third-order valence-electron chi connectivity index (χ3n) is 6.17. The minimum Gasteiger partial charge on any atom is -0.459 e. The van der Waals surface area contributed by atoms with Crippen LogP contribution in [0.25, 0.3) is 16.5 Å². The number of fused-ring (bicyclic) bond motifs is 3. The van der Waals surface area contributed by atoms with Crippen LogP contribution in [0, 0.1) is 11.6 Å². The Kier molecular flexibility index (Phi) is 7.50. The lowest BCUT2D eigenvalue weighted by atomic mass is 9.81. The first-order valence-corrected chi connectivity index (χ1v) is 12.6. The first kappa shape index (κ1) is 27.8. The second-order valence-electron chi connectivity index (χ2n) is 10.7. The van der Waals surface area contributed by atoms with Gasteiger partial charge in [-0.15, -0.1) is 0 Å². The fraction of sp³-hybridized carbons (Fsp3) is 0.345. The molecule has 1 aliphatic rings. The molecule has 0 bridgehead atoms. The van der Waals surface area contributed by atoms with Crippen molar-refractivity contribution in [2.45, 2.75) is 59.1 Å². The van der Waals surface area contributed by atoms with Gasteiger partial charge in [-0.2, -0.15) is 0 Å². The van der Waals surface area contributed by atoms with Crippen molar-refractivity contribution in [1.82, 2.24) is 15.2 Å². The van der Waals surface area contributed by atoms with Crippen LogP contribution in [0.2, 0.25) is 0 Å². The van der Waals surface area contributed by atoms with Gasteiger partial charge in [0.25, 0.3) is 5.91 Å². The SMILES string of the molecule is CC(C)NC(=O)Oc1ccc2c3c([nH]c2c1)C(C(=O)OC(C)C)=CN(C(=O)c1ccc(F)c(F)c1)CC3(C)C. The van der Waals surface area contributed by atoms with Crippen molar-refractivity contribution in [2.75, 3.05) is 6.54 Å². The second kappa shape index (κ2) is 10.5. The van der Waals surface area contributed by atoms with Gasteiger partial charge < -0.3 is 24.7 Å². The number of amides is 2. The van der Waals surface area contributed by atoms with Gasteiger partial charge in [0.2, 0.25) is 0 Å². The molecule has 0 atom stereocenters. The van der Waals surface area contributed by atoms with E-state index in [1.54, 1.807) is 32.0 Å². The number of hydrogen-bond donors (Lipinski definition) is 2. The van der Waals surface area contributed by atoms with E-state index >= 15 is 0 Å². The molecule has 2 aromatic carbocycles. The molecular weight excluding hydrogens is 508 g/mol. The number of aromatic nitrogens is 1. The standard InChI is InChI=1S/C29H31F2N3O5/c1-15(2)32-28(37)39-18-8-9-19-23(12-18)33-25-20(27(36)38-16(3)4)13-34(14-29(5,6)24(19)25)26(35)17-7-10-21(30)22(31)11-17/h7-13,15-16,33H,14H2,1-6H3,(H,32,37). The van der Waals surface area contributed by atoms with Gasteiger partial charge in [-0.25, -0.2) is 18.4 Å². The van der Waals surface area contributed by atoms with E-state index in [2.05, 4.69) is 10.3 Å². The topological polar surface area (TPSA) is 101 Å². The number of benzene rings is 2. The molecule has 2 amide bonds. The average Bonchev–Trinajstić information content (AvgIpc) is 3.15. The van der Waals surface area contributed by atoms with Crippen molar-refractivity contribution in [1.29, 1.82) is 0 Å². The quantitative estimate of drug-likeness (QED) is 0.407. The van der Waals surface area contributed by atoms with E-state index in [4.69, 9.17) is 9.47 Å². The zero-order valence-electron chi connectivity index (χ0n) is 22.6. The molecule has 2 N–H and O–H groups in total. The van der Waals surface area contributed by atoms with Crippen LogP contribution in [-0.2, 0) is 14.9 Å². The van der Waals surface area contributed by atoms with Crippen LogP contribution in [0.1, 0.15) is 63.2 Å². The van der Waals surface area contributed by atoms with Crippen LogP contribution in [0.3, 0.4) is 0 Å². The lowest BCUT2D eigenvalue weighted by molar-refractivity contribution is -0.140. The summed E-state index contributed by atoms with van der Waals surface area (Å²) in [5.41, 5.74) is 1.14. The summed E-state index contributed by atoms with van der Waals surface area (Å²) >= 11 is 0. The van der Waals surface area contributed by atoms with Crippen LogP contribution in [0.15, 0.2) is 42.6 Å². The van der Waals surface area contributed by atoms with Crippen molar-refractivity contribution < 1.29 is 32.6 Å². The summed E-state index contributed by atoms with van der Waals surface area (Å²) in [6.45, 7) is 11.0. The Morgan fingerprint density at radius 1 is 1.03 bits per heavy atom. The number of carbonyl (C=O) groups excluding carboxylic acids is 3. The van der Waals surface area contributed by atoms with Crippen molar-refractivity contribution in [3.8, 4) is 5.75 Å². The van der Waals surface area contributed by atoms with Crippen molar-refractivity contribution in [3.63, 3.8) is 0 Å². The van der Waals surface area contributed by atoms with Gasteiger partial charge in [0.1, 0.15) is 5.75 Å². The number of rotatable bonds is 5. The maximum atomic E-state index is 13.9. The van der Waals surface area contributed by atoms with Crippen LogP contribution in [0.5, 0.6) is 5.75 Å². The van der Waals surface area contributed by atoms with Gasteiger partial charge in [-0.3, -0.25) is 4.79 Å². The molecule has 0 radical (unpaired) electrons. The first-order valence-electron chi connectivity index (χ1n) is 12.6. The largest absolute Gasteiger partial charge is 0.459 e. The Labute approximate surface area is 225 Å². The van der Waals surface area contributed by atoms with Gasteiger partial charge >= 0.3 is 12.1 Å². The predicted octanol–water partition coefficient (Wildman–Crippen LogP) is 5.67. The maximum absolute atomic E-state index is 13.9. The lowest BCUT2D eigenvalue weighted by Gasteiger charge is -2.29. The highest BCUT2D eigenvalue weighted by molar-refractivity contribution is 6.18. The van der Waals surface area contributed by atoms with Crippen molar-refractivity contribution in [3.05, 3.63) is 71.1 Å². The number of nitrogens with zero attached hydrogens (tertiary/aromatic N) is 1. The number of ether oxygens (including phenoxy) is 2. The number of aromatic amines is 1. The van der Waals surface area contributed by atoms with Crippen LogP contribution in [0.4, 0.5) is 13.6 Å². The molecule has 0 fully saturated rings. The molecule has 1 aliphatic heterocycles.